The van der Waals surface area contributed by atoms with Crippen LogP contribution in [0.3, 0.4) is 0 Å². The minimum absolute atomic E-state index is 0. The molecule has 0 radical (unpaired) electrons. The first-order valence-corrected chi connectivity index (χ1v) is 6.02. The van der Waals surface area contributed by atoms with Crippen LogP contribution in [0.2, 0.25) is 0 Å². The molecule has 0 fully saturated rings. The van der Waals surface area contributed by atoms with Gasteiger partial charge in [0, 0.05) is 0 Å². The molecule has 2 rings (SSSR count). The van der Waals surface area contributed by atoms with Crippen LogP contribution in [-0.2, 0) is 18.6 Å². The maximum absolute atomic E-state index is 2.28. The van der Waals surface area contributed by atoms with Gasteiger partial charge >= 0.3 is 75.8 Å². The molecule has 0 aliphatic heterocycles. The Kier molecular flexibility index (Phi) is 4.24. The fourth-order valence-corrected chi connectivity index (χ4v) is 3.82. The fraction of sp³-hybridized carbons (Fsp3) is 0.200. The summed E-state index contributed by atoms with van der Waals surface area (Å²) in [5, 5.41) is 0. The summed E-state index contributed by atoms with van der Waals surface area (Å²) in [7, 11) is 0. The molecule has 0 bridgehead atoms. The normalized spacial score (nSPS) is 19.3. The van der Waals surface area contributed by atoms with Gasteiger partial charge < -0.3 is 0 Å². The van der Waals surface area contributed by atoms with E-state index in [9.17, 15) is 0 Å². The molecular weight excluding hydrogens is 395 g/mol. The predicted molar refractivity (Wildman–Crippen MR) is 54.0 cm³/mol. The summed E-state index contributed by atoms with van der Waals surface area (Å²) in [6, 6.07) is 0. The molecular formula is C10H11BrPt. The van der Waals surface area contributed by atoms with Gasteiger partial charge in [-0.1, -0.05) is 0 Å². The summed E-state index contributed by atoms with van der Waals surface area (Å²) < 4.78 is 3.33. The molecule has 0 nitrogen and oxygen atoms in total. The molecule has 0 heterocycles. The van der Waals surface area contributed by atoms with Crippen molar-refractivity contribution >= 4 is 17.0 Å². The molecule has 0 atom stereocenters. The molecule has 0 N–H and O–H groups in total. The van der Waals surface area contributed by atoms with Crippen LogP contribution in [0.4, 0.5) is 0 Å². The zero-order chi connectivity index (χ0) is 7.52. The van der Waals surface area contributed by atoms with Crippen LogP contribution in [0.1, 0.15) is 12.8 Å². The second-order valence-electron chi connectivity index (χ2n) is 2.49. The minimum atomic E-state index is 0. The molecule has 0 aromatic rings. The molecule has 12 heavy (non-hydrogen) atoms. The van der Waals surface area contributed by atoms with Crippen molar-refractivity contribution in [1.82, 2.24) is 0 Å². The molecule has 0 spiro atoms. The average molecular weight is 406 g/mol. The van der Waals surface area contributed by atoms with Crippen LogP contribution in [0, 0.1) is 0 Å². The molecule has 2 aliphatic rings. The van der Waals surface area contributed by atoms with E-state index < -0.39 is 0 Å². The maximum atomic E-state index is 2.28. The number of allylic oxidation sites excluding steroid dienone is 8. The molecule has 0 amide bonds. The van der Waals surface area contributed by atoms with Crippen LogP contribution in [0.15, 0.2) is 44.4 Å². The summed E-state index contributed by atoms with van der Waals surface area (Å²) in [5.41, 5.74) is 0. The zero-order valence-corrected chi connectivity index (χ0v) is 10.6. The van der Waals surface area contributed by atoms with Crippen LogP contribution in [-0.4, -0.2) is 0 Å². The van der Waals surface area contributed by atoms with E-state index in [2.05, 4.69) is 36.5 Å². The van der Waals surface area contributed by atoms with Crippen molar-refractivity contribution in [2.75, 3.05) is 0 Å². The summed E-state index contributed by atoms with van der Waals surface area (Å²) in [6.45, 7) is 0. The quantitative estimate of drug-likeness (QED) is 0.660. The van der Waals surface area contributed by atoms with Crippen molar-refractivity contribution in [3.8, 4) is 0 Å². The van der Waals surface area contributed by atoms with Crippen molar-refractivity contribution < 1.29 is 18.6 Å². The number of halogens is 1. The predicted octanol–water partition coefficient (Wildman–Crippen LogP) is 3.33. The molecule has 0 saturated carbocycles. The summed E-state index contributed by atoms with van der Waals surface area (Å²) in [4.78, 5) is 0. The Bertz CT molecular complexity index is 244. The summed E-state index contributed by atoms with van der Waals surface area (Å²) >= 11 is 0.205. The Morgan fingerprint density at radius 3 is 1.75 bits per heavy atom. The Balaban J connectivity index is 0.000000720. The van der Waals surface area contributed by atoms with Crippen LogP contribution in [0.25, 0.3) is 0 Å². The SMILES string of the molecule is Br.C1=CC[C]([Pt][C]2=CC=CC2)=C1. The second-order valence-corrected chi connectivity index (χ2v) is 5.98. The molecule has 0 aromatic heterocycles. The third-order valence-corrected chi connectivity index (χ3v) is 4.75. The van der Waals surface area contributed by atoms with Crippen molar-refractivity contribution in [3.63, 3.8) is 0 Å². The topological polar surface area (TPSA) is 0 Å². The van der Waals surface area contributed by atoms with Crippen molar-refractivity contribution in [2.45, 2.75) is 12.8 Å². The summed E-state index contributed by atoms with van der Waals surface area (Å²) in [6.07, 6.45) is 15.9. The molecule has 2 aliphatic carbocycles. The standard InChI is InChI=1S/2C5H5.BrH.Pt/c2*1-2-4-5-3-1;;/h2*1-3H,4H2;1H;. The van der Waals surface area contributed by atoms with Gasteiger partial charge in [-0.3, -0.25) is 0 Å². The van der Waals surface area contributed by atoms with Gasteiger partial charge in [-0.15, -0.1) is 17.0 Å². The third-order valence-electron chi connectivity index (χ3n) is 1.61. The van der Waals surface area contributed by atoms with E-state index in [1.54, 1.807) is 7.93 Å². The van der Waals surface area contributed by atoms with Gasteiger partial charge in [0.2, 0.25) is 0 Å². The van der Waals surface area contributed by atoms with Gasteiger partial charge in [0.15, 0.2) is 0 Å². The van der Waals surface area contributed by atoms with Crippen molar-refractivity contribution in [1.29, 1.82) is 0 Å². The number of hydrogen-bond acceptors (Lipinski definition) is 0. The van der Waals surface area contributed by atoms with Crippen LogP contribution >= 0.6 is 17.0 Å². The molecule has 68 valence electrons. The third kappa shape index (κ3) is 2.57. The van der Waals surface area contributed by atoms with E-state index in [-0.39, 0.29) is 35.5 Å². The first kappa shape index (κ1) is 10.2. The van der Waals surface area contributed by atoms with Gasteiger partial charge in [0.25, 0.3) is 0 Å². The Hall–Kier alpha value is 0.128. The zero-order valence-electron chi connectivity index (χ0n) is 6.60. The van der Waals surface area contributed by atoms with Crippen LogP contribution in [0.5, 0.6) is 0 Å². The molecule has 0 aromatic carbocycles. The number of hydrogen-bond donors (Lipinski definition) is 0. The Labute approximate surface area is 92.4 Å². The molecule has 0 saturated heterocycles. The van der Waals surface area contributed by atoms with E-state index in [4.69, 9.17) is 0 Å². The van der Waals surface area contributed by atoms with Gasteiger partial charge in [-0.25, -0.2) is 0 Å². The second kappa shape index (κ2) is 4.99. The van der Waals surface area contributed by atoms with E-state index in [0.29, 0.717) is 0 Å². The first-order valence-electron chi connectivity index (χ1n) is 3.75. The van der Waals surface area contributed by atoms with Crippen molar-refractivity contribution in [2.24, 2.45) is 0 Å². The van der Waals surface area contributed by atoms with E-state index in [1.807, 2.05) is 0 Å². The molecule has 2 heteroatoms. The van der Waals surface area contributed by atoms with E-state index >= 15 is 0 Å². The van der Waals surface area contributed by atoms with Crippen LogP contribution < -0.4 is 0 Å². The first-order chi connectivity index (χ1) is 5.45. The average Bonchev–Trinajstić information content (AvgIpc) is 2.60. The monoisotopic (exact) mass is 405 g/mol. The Morgan fingerprint density at radius 2 is 1.42 bits per heavy atom. The Morgan fingerprint density at radius 1 is 0.917 bits per heavy atom. The van der Waals surface area contributed by atoms with Gasteiger partial charge in [-0.2, -0.15) is 0 Å². The number of rotatable bonds is 2. The van der Waals surface area contributed by atoms with E-state index in [0.717, 1.165) is 0 Å². The molecule has 0 unspecified atom stereocenters. The fourth-order valence-electron chi connectivity index (χ4n) is 1.06. The summed E-state index contributed by atoms with van der Waals surface area (Å²) in [5.74, 6) is 0. The van der Waals surface area contributed by atoms with Gasteiger partial charge in [-0.05, 0) is 0 Å². The van der Waals surface area contributed by atoms with E-state index in [1.165, 1.54) is 12.8 Å². The van der Waals surface area contributed by atoms with Gasteiger partial charge in [0.1, 0.15) is 0 Å². The van der Waals surface area contributed by atoms with Crippen molar-refractivity contribution in [3.05, 3.63) is 44.4 Å². The van der Waals surface area contributed by atoms with Gasteiger partial charge in [0.05, 0.1) is 0 Å².